The van der Waals surface area contributed by atoms with Crippen molar-refractivity contribution in [2.45, 2.75) is 25.9 Å². The predicted molar refractivity (Wildman–Crippen MR) is 83.8 cm³/mol. The van der Waals surface area contributed by atoms with Crippen molar-refractivity contribution in [3.8, 4) is 0 Å². The minimum absolute atomic E-state index is 0.0991. The highest BCUT2D eigenvalue weighted by Gasteiger charge is 2.20. The normalized spacial score (nSPS) is 14.4. The number of nitrogens with two attached hydrogens (primary N) is 1. The van der Waals surface area contributed by atoms with E-state index >= 15 is 0 Å². The van der Waals surface area contributed by atoms with Crippen LogP contribution in [0.15, 0.2) is 48.5 Å². The van der Waals surface area contributed by atoms with Gasteiger partial charge in [0.1, 0.15) is 0 Å². The molecule has 3 heteroatoms. The first-order chi connectivity index (χ1) is 10.3. The number of nitrogens with zero attached hydrogens (tertiary/aromatic N) is 1. The van der Waals surface area contributed by atoms with Crippen LogP contribution in [0.4, 0.5) is 0 Å². The molecule has 0 bridgehead atoms. The fourth-order valence-electron chi connectivity index (χ4n) is 2.89. The van der Waals surface area contributed by atoms with Gasteiger partial charge in [-0.1, -0.05) is 36.4 Å². The molecule has 0 atom stereocenters. The van der Waals surface area contributed by atoms with Gasteiger partial charge in [0.25, 0.3) is 5.91 Å². The van der Waals surface area contributed by atoms with Crippen LogP contribution in [-0.4, -0.2) is 17.4 Å². The number of carbonyl (C=O) groups is 1. The number of carbonyl (C=O) groups excluding carboxylic acids is 1. The Labute approximate surface area is 125 Å². The van der Waals surface area contributed by atoms with Crippen molar-refractivity contribution < 1.29 is 4.79 Å². The van der Waals surface area contributed by atoms with Crippen LogP contribution in [0.5, 0.6) is 0 Å². The summed E-state index contributed by atoms with van der Waals surface area (Å²) in [6, 6.07) is 16.0. The van der Waals surface area contributed by atoms with Crippen LogP contribution in [0.3, 0.4) is 0 Å². The van der Waals surface area contributed by atoms with Crippen LogP contribution in [0.2, 0.25) is 0 Å². The summed E-state index contributed by atoms with van der Waals surface area (Å²) >= 11 is 0. The largest absolute Gasteiger partial charge is 0.334 e. The standard InChI is InChI=1S/C18H20N2O/c19-12-14-5-3-8-16(11-14)18(21)20-10-4-9-15-6-1-2-7-17(15)13-20/h1-3,5-8,11H,4,9-10,12-13,19H2. The van der Waals surface area contributed by atoms with Gasteiger partial charge in [0, 0.05) is 25.2 Å². The van der Waals surface area contributed by atoms with E-state index in [1.54, 1.807) is 0 Å². The Hall–Kier alpha value is -2.13. The summed E-state index contributed by atoms with van der Waals surface area (Å²) in [6.07, 6.45) is 2.06. The first kappa shape index (κ1) is 13.8. The molecule has 1 aliphatic heterocycles. The molecule has 2 N–H and O–H groups in total. The summed E-state index contributed by atoms with van der Waals surface area (Å²) in [6.45, 7) is 1.96. The molecule has 0 fully saturated rings. The van der Waals surface area contributed by atoms with E-state index in [0.717, 1.165) is 30.5 Å². The maximum atomic E-state index is 12.7. The number of amides is 1. The molecule has 0 spiro atoms. The SMILES string of the molecule is NCc1cccc(C(=O)N2CCCc3ccccc3C2)c1. The fourth-order valence-corrected chi connectivity index (χ4v) is 2.89. The van der Waals surface area contributed by atoms with Gasteiger partial charge in [-0.05, 0) is 41.7 Å². The van der Waals surface area contributed by atoms with Gasteiger partial charge < -0.3 is 10.6 Å². The smallest absolute Gasteiger partial charge is 0.254 e. The summed E-state index contributed by atoms with van der Waals surface area (Å²) in [5.74, 6) is 0.0991. The highest BCUT2D eigenvalue weighted by molar-refractivity contribution is 5.94. The van der Waals surface area contributed by atoms with Gasteiger partial charge in [-0.2, -0.15) is 0 Å². The van der Waals surface area contributed by atoms with Crippen molar-refractivity contribution >= 4 is 5.91 Å². The summed E-state index contributed by atoms with van der Waals surface area (Å²) in [5, 5.41) is 0. The Balaban J connectivity index is 1.84. The predicted octanol–water partition coefficient (Wildman–Crippen LogP) is 2.73. The quantitative estimate of drug-likeness (QED) is 0.919. The third kappa shape index (κ3) is 2.98. The van der Waals surface area contributed by atoms with Crippen LogP contribution in [0, 0.1) is 0 Å². The summed E-state index contributed by atoms with van der Waals surface area (Å²) in [5.41, 5.74) is 10.0. The van der Waals surface area contributed by atoms with E-state index in [0.29, 0.717) is 13.1 Å². The lowest BCUT2D eigenvalue weighted by atomic mass is 10.0. The van der Waals surface area contributed by atoms with E-state index in [2.05, 4.69) is 18.2 Å². The van der Waals surface area contributed by atoms with Crippen LogP contribution in [-0.2, 0) is 19.5 Å². The van der Waals surface area contributed by atoms with E-state index in [9.17, 15) is 4.79 Å². The topological polar surface area (TPSA) is 46.3 Å². The van der Waals surface area contributed by atoms with Crippen molar-refractivity contribution in [2.24, 2.45) is 5.73 Å². The minimum Gasteiger partial charge on any atom is -0.334 e. The third-order valence-corrected chi connectivity index (χ3v) is 4.05. The molecule has 0 aromatic heterocycles. The van der Waals surface area contributed by atoms with Gasteiger partial charge in [-0.3, -0.25) is 4.79 Å². The van der Waals surface area contributed by atoms with Crippen molar-refractivity contribution in [3.05, 3.63) is 70.8 Å². The van der Waals surface area contributed by atoms with Gasteiger partial charge in [0.15, 0.2) is 0 Å². The molecular weight excluding hydrogens is 260 g/mol. The second-order valence-electron chi connectivity index (χ2n) is 5.50. The van der Waals surface area contributed by atoms with Crippen LogP contribution in [0.25, 0.3) is 0 Å². The number of aryl methyl sites for hydroxylation is 1. The lowest BCUT2D eigenvalue weighted by Crippen LogP contribution is -2.30. The summed E-state index contributed by atoms with van der Waals surface area (Å²) < 4.78 is 0. The second-order valence-corrected chi connectivity index (χ2v) is 5.50. The van der Waals surface area contributed by atoms with Crippen molar-refractivity contribution in [3.63, 3.8) is 0 Å². The Morgan fingerprint density at radius 2 is 1.90 bits per heavy atom. The zero-order valence-electron chi connectivity index (χ0n) is 12.1. The number of hydrogen-bond acceptors (Lipinski definition) is 2. The molecule has 1 amide bonds. The molecule has 0 radical (unpaired) electrons. The zero-order chi connectivity index (χ0) is 14.7. The van der Waals surface area contributed by atoms with Crippen LogP contribution in [0.1, 0.15) is 33.5 Å². The van der Waals surface area contributed by atoms with Crippen molar-refractivity contribution in [1.29, 1.82) is 0 Å². The van der Waals surface area contributed by atoms with Crippen LogP contribution < -0.4 is 5.73 Å². The lowest BCUT2D eigenvalue weighted by Gasteiger charge is -2.21. The van der Waals surface area contributed by atoms with Crippen molar-refractivity contribution in [2.75, 3.05) is 6.54 Å². The molecule has 2 aromatic carbocycles. The molecule has 0 saturated carbocycles. The average molecular weight is 280 g/mol. The van der Waals surface area contributed by atoms with E-state index in [1.165, 1.54) is 11.1 Å². The molecule has 0 unspecified atom stereocenters. The molecule has 3 rings (SSSR count). The highest BCUT2D eigenvalue weighted by Crippen LogP contribution is 2.20. The van der Waals surface area contributed by atoms with E-state index in [4.69, 9.17) is 5.73 Å². The van der Waals surface area contributed by atoms with Gasteiger partial charge in [0.05, 0.1) is 0 Å². The molecule has 0 aliphatic carbocycles. The number of hydrogen-bond donors (Lipinski definition) is 1. The third-order valence-electron chi connectivity index (χ3n) is 4.05. The summed E-state index contributed by atoms with van der Waals surface area (Å²) in [7, 11) is 0. The second kappa shape index (κ2) is 6.10. The highest BCUT2D eigenvalue weighted by atomic mass is 16.2. The average Bonchev–Trinajstić information content (AvgIpc) is 2.76. The van der Waals surface area contributed by atoms with Gasteiger partial charge in [-0.25, -0.2) is 0 Å². The zero-order valence-corrected chi connectivity index (χ0v) is 12.1. The maximum Gasteiger partial charge on any atom is 0.254 e. The molecular formula is C18H20N2O. The fraction of sp³-hybridized carbons (Fsp3) is 0.278. The first-order valence-electron chi connectivity index (χ1n) is 7.43. The Morgan fingerprint density at radius 1 is 1.10 bits per heavy atom. The van der Waals surface area contributed by atoms with Gasteiger partial charge in [-0.15, -0.1) is 0 Å². The van der Waals surface area contributed by atoms with Crippen LogP contribution >= 0.6 is 0 Å². The number of rotatable bonds is 2. The monoisotopic (exact) mass is 280 g/mol. The Bertz CT molecular complexity index is 651. The number of benzene rings is 2. The molecule has 108 valence electrons. The maximum absolute atomic E-state index is 12.7. The molecule has 1 heterocycles. The van der Waals surface area contributed by atoms with Crippen molar-refractivity contribution in [1.82, 2.24) is 4.90 Å². The number of fused-ring (bicyclic) bond motifs is 1. The molecule has 1 aliphatic rings. The van der Waals surface area contributed by atoms with E-state index in [1.807, 2.05) is 35.2 Å². The lowest BCUT2D eigenvalue weighted by molar-refractivity contribution is 0.0746. The van der Waals surface area contributed by atoms with Gasteiger partial charge in [0.2, 0.25) is 0 Å². The van der Waals surface area contributed by atoms with Gasteiger partial charge >= 0.3 is 0 Å². The molecule has 21 heavy (non-hydrogen) atoms. The molecule has 2 aromatic rings. The Kier molecular flexibility index (Phi) is 4.02. The molecule has 0 saturated heterocycles. The Morgan fingerprint density at radius 3 is 2.71 bits per heavy atom. The van der Waals surface area contributed by atoms with E-state index in [-0.39, 0.29) is 5.91 Å². The molecule has 3 nitrogen and oxygen atoms in total. The van der Waals surface area contributed by atoms with E-state index < -0.39 is 0 Å². The minimum atomic E-state index is 0.0991. The first-order valence-corrected chi connectivity index (χ1v) is 7.43. The summed E-state index contributed by atoms with van der Waals surface area (Å²) in [4.78, 5) is 14.7.